The lowest BCUT2D eigenvalue weighted by atomic mass is 9.95. The molecule has 2 N–H and O–H groups in total. The summed E-state index contributed by atoms with van der Waals surface area (Å²) in [6.07, 6.45) is 1.70. The zero-order valence-electron chi connectivity index (χ0n) is 13.7. The number of nitrogens with one attached hydrogen (secondary N) is 1. The van der Waals surface area contributed by atoms with Crippen molar-refractivity contribution in [2.75, 3.05) is 0 Å². The minimum absolute atomic E-state index is 0.0205. The lowest BCUT2D eigenvalue weighted by molar-refractivity contribution is 0.0748. The van der Waals surface area contributed by atoms with Gasteiger partial charge in [-0.3, -0.25) is 9.89 Å². The molecule has 1 aromatic heterocycles. The Labute approximate surface area is 139 Å². The number of phenols is 1. The van der Waals surface area contributed by atoms with Crippen LogP contribution >= 0.6 is 0 Å². The van der Waals surface area contributed by atoms with E-state index < -0.39 is 0 Å². The molecule has 0 unspecified atom stereocenters. The predicted octanol–water partition coefficient (Wildman–Crippen LogP) is 3.55. The van der Waals surface area contributed by atoms with Crippen molar-refractivity contribution >= 4 is 16.8 Å². The number of rotatable bonds is 2. The van der Waals surface area contributed by atoms with E-state index in [0.717, 1.165) is 22.1 Å². The van der Waals surface area contributed by atoms with Crippen LogP contribution in [0.15, 0.2) is 36.5 Å². The van der Waals surface area contributed by atoms with Gasteiger partial charge in [0.15, 0.2) is 5.75 Å². The molecule has 0 saturated carbocycles. The molecule has 0 radical (unpaired) electrons. The van der Waals surface area contributed by atoms with Crippen LogP contribution in [0, 0.1) is 0 Å². The summed E-state index contributed by atoms with van der Waals surface area (Å²) in [7, 11) is 0. The third-order valence-electron chi connectivity index (χ3n) is 4.72. The number of carbonyl (C=O) groups excluding carboxylic acids is 1. The Morgan fingerprint density at radius 2 is 1.92 bits per heavy atom. The van der Waals surface area contributed by atoms with Gasteiger partial charge in [-0.2, -0.15) is 5.10 Å². The van der Waals surface area contributed by atoms with Crippen LogP contribution in [0.25, 0.3) is 10.9 Å². The number of phenolic OH excluding ortho intramolecular Hbond substituents is 1. The van der Waals surface area contributed by atoms with Gasteiger partial charge in [0.1, 0.15) is 5.52 Å². The number of aromatic amines is 1. The van der Waals surface area contributed by atoms with Crippen molar-refractivity contribution in [3.8, 4) is 5.75 Å². The number of aromatic hydroxyl groups is 1. The summed E-state index contributed by atoms with van der Waals surface area (Å²) in [5.41, 5.74) is 4.20. The number of hydrogen-bond acceptors (Lipinski definition) is 3. The predicted molar refractivity (Wildman–Crippen MR) is 91.9 cm³/mol. The molecule has 0 atom stereocenters. The molecule has 2 aromatic carbocycles. The number of carbonyl (C=O) groups is 1. The molecule has 5 nitrogen and oxygen atoms in total. The van der Waals surface area contributed by atoms with Crippen molar-refractivity contribution in [2.45, 2.75) is 32.9 Å². The third-order valence-corrected chi connectivity index (χ3v) is 4.72. The van der Waals surface area contributed by atoms with Gasteiger partial charge in [-0.15, -0.1) is 0 Å². The van der Waals surface area contributed by atoms with Crippen LogP contribution < -0.4 is 0 Å². The van der Waals surface area contributed by atoms with Crippen molar-refractivity contribution in [3.05, 3.63) is 58.8 Å². The summed E-state index contributed by atoms with van der Waals surface area (Å²) < 4.78 is 0. The highest BCUT2D eigenvalue weighted by atomic mass is 16.3. The highest BCUT2D eigenvalue weighted by Crippen LogP contribution is 2.35. The first-order valence-electron chi connectivity index (χ1n) is 8.11. The molecule has 0 aliphatic carbocycles. The highest BCUT2D eigenvalue weighted by molar-refractivity contribution is 6.03. The van der Waals surface area contributed by atoms with E-state index in [1.807, 2.05) is 30.3 Å². The van der Waals surface area contributed by atoms with E-state index in [0.29, 0.717) is 24.2 Å². The number of aromatic nitrogens is 2. The molecule has 3 aromatic rings. The van der Waals surface area contributed by atoms with E-state index in [1.54, 1.807) is 11.1 Å². The highest BCUT2D eigenvalue weighted by Gasteiger charge is 2.27. The molecule has 1 amide bonds. The summed E-state index contributed by atoms with van der Waals surface area (Å²) in [5, 5.41) is 18.3. The second kappa shape index (κ2) is 5.37. The number of fused-ring (bicyclic) bond motifs is 2. The summed E-state index contributed by atoms with van der Waals surface area (Å²) in [6.45, 7) is 5.29. The number of H-pyrrole nitrogens is 1. The molecule has 0 spiro atoms. The van der Waals surface area contributed by atoms with Gasteiger partial charge in [-0.1, -0.05) is 38.1 Å². The molecule has 0 fully saturated rings. The fourth-order valence-corrected chi connectivity index (χ4v) is 3.41. The van der Waals surface area contributed by atoms with E-state index in [1.165, 1.54) is 0 Å². The molecular weight excluding hydrogens is 302 g/mol. The molecule has 122 valence electrons. The zero-order valence-corrected chi connectivity index (χ0v) is 13.7. The van der Waals surface area contributed by atoms with Crippen LogP contribution in [-0.2, 0) is 13.1 Å². The average Bonchev–Trinajstić information content (AvgIpc) is 3.21. The van der Waals surface area contributed by atoms with Gasteiger partial charge < -0.3 is 10.0 Å². The number of nitrogens with zero attached hydrogens (tertiary/aromatic N) is 2. The molecule has 24 heavy (non-hydrogen) atoms. The first kappa shape index (κ1) is 14.8. The molecule has 1 aliphatic rings. The quantitative estimate of drug-likeness (QED) is 0.758. The van der Waals surface area contributed by atoms with E-state index in [-0.39, 0.29) is 17.6 Å². The monoisotopic (exact) mass is 321 g/mol. The number of amides is 1. The van der Waals surface area contributed by atoms with E-state index in [4.69, 9.17) is 0 Å². The second-order valence-corrected chi connectivity index (χ2v) is 6.61. The number of benzene rings is 2. The van der Waals surface area contributed by atoms with Gasteiger partial charge in [-0.25, -0.2) is 0 Å². The van der Waals surface area contributed by atoms with Crippen LogP contribution in [0.2, 0.25) is 0 Å². The van der Waals surface area contributed by atoms with Crippen molar-refractivity contribution in [2.24, 2.45) is 0 Å². The Morgan fingerprint density at radius 1 is 1.25 bits per heavy atom. The molecule has 4 rings (SSSR count). The fraction of sp³-hybridized carbons (Fsp3) is 0.263. The maximum Gasteiger partial charge on any atom is 0.258 e. The van der Waals surface area contributed by atoms with Gasteiger partial charge >= 0.3 is 0 Å². The average molecular weight is 321 g/mol. The van der Waals surface area contributed by atoms with E-state index >= 15 is 0 Å². The zero-order chi connectivity index (χ0) is 16.8. The molecule has 2 heterocycles. The van der Waals surface area contributed by atoms with Crippen LogP contribution in [0.5, 0.6) is 5.75 Å². The van der Waals surface area contributed by atoms with E-state index in [2.05, 4.69) is 24.0 Å². The standard InChI is InChI=1S/C19H19N3O2/c1-11(2)14-7-15(18(23)17-16(14)8-20-21-17)19(24)22-9-12-5-3-4-6-13(12)10-22/h3-8,11,23H,9-10H2,1-2H3,(H,20,21). The SMILES string of the molecule is CC(C)c1cc(C(=O)N2Cc3ccccc3C2)c(O)c2[nH]ncc12. The molecule has 5 heteroatoms. The van der Waals surface area contributed by atoms with Crippen LogP contribution in [0.4, 0.5) is 0 Å². The second-order valence-electron chi connectivity index (χ2n) is 6.61. The molecular formula is C19H19N3O2. The van der Waals surface area contributed by atoms with Crippen molar-refractivity contribution in [1.29, 1.82) is 0 Å². The normalized spacial score (nSPS) is 13.7. The minimum atomic E-state index is -0.151. The maximum atomic E-state index is 13.0. The molecule has 0 saturated heterocycles. The van der Waals surface area contributed by atoms with Crippen LogP contribution in [-0.4, -0.2) is 26.1 Å². The fourth-order valence-electron chi connectivity index (χ4n) is 3.41. The van der Waals surface area contributed by atoms with Crippen molar-refractivity contribution in [3.63, 3.8) is 0 Å². The van der Waals surface area contributed by atoms with Crippen LogP contribution in [0.1, 0.15) is 46.8 Å². The maximum absolute atomic E-state index is 13.0. The van der Waals surface area contributed by atoms with Gasteiger partial charge in [-0.05, 0) is 28.7 Å². The largest absolute Gasteiger partial charge is 0.505 e. The number of hydrogen-bond donors (Lipinski definition) is 2. The smallest absolute Gasteiger partial charge is 0.258 e. The van der Waals surface area contributed by atoms with Gasteiger partial charge in [0, 0.05) is 18.5 Å². The summed E-state index contributed by atoms with van der Waals surface area (Å²) in [4.78, 5) is 14.8. The van der Waals surface area contributed by atoms with Gasteiger partial charge in [0.05, 0.1) is 11.8 Å². The van der Waals surface area contributed by atoms with Gasteiger partial charge in [0.2, 0.25) is 0 Å². The van der Waals surface area contributed by atoms with Gasteiger partial charge in [0.25, 0.3) is 5.91 Å². The van der Waals surface area contributed by atoms with Crippen molar-refractivity contribution in [1.82, 2.24) is 15.1 Å². The van der Waals surface area contributed by atoms with Crippen molar-refractivity contribution < 1.29 is 9.90 Å². The Bertz CT molecular complexity index is 918. The summed E-state index contributed by atoms with van der Waals surface area (Å²) >= 11 is 0. The Hall–Kier alpha value is -2.82. The summed E-state index contributed by atoms with van der Waals surface area (Å²) in [5.74, 6) is 0.0583. The lowest BCUT2D eigenvalue weighted by Gasteiger charge is -2.18. The van der Waals surface area contributed by atoms with Crippen LogP contribution in [0.3, 0.4) is 0 Å². The molecule has 0 bridgehead atoms. The topological polar surface area (TPSA) is 69.2 Å². The Balaban J connectivity index is 1.77. The first-order chi connectivity index (χ1) is 11.6. The Morgan fingerprint density at radius 3 is 2.54 bits per heavy atom. The minimum Gasteiger partial charge on any atom is -0.505 e. The first-order valence-corrected chi connectivity index (χ1v) is 8.11. The third kappa shape index (κ3) is 2.16. The summed E-state index contributed by atoms with van der Waals surface area (Å²) in [6, 6.07) is 9.86. The molecule has 1 aliphatic heterocycles. The van der Waals surface area contributed by atoms with E-state index in [9.17, 15) is 9.90 Å². The lowest BCUT2D eigenvalue weighted by Crippen LogP contribution is -2.25. The Kier molecular flexibility index (Phi) is 3.30.